The molecular weight excluding hydrogens is 344 g/mol. The SMILES string of the molecule is COc1ccc(CNC(=O)Nc2ccc(C(C)(C)C)cc2)c(OC)c1OC. The Hall–Kier alpha value is -2.89. The molecule has 0 saturated heterocycles. The van der Waals surface area contributed by atoms with Crippen LogP contribution in [-0.4, -0.2) is 27.4 Å². The Balaban J connectivity index is 2.03. The molecule has 2 rings (SSSR count). The average molecular weight is 372 g/mol. The highest BCUT2D eigenvalue weighted by Crippen LogP contribution is 2.39. The zero-order chi connectivity index (χ0) is 20.0. The van der Waals surface area contributed by atoms with Crippen molar-refractivity contribution in [1.29, 1.82) is 0 Å². The standard InChI is InChI=1S/C21H28N2O4/c1-21(2,3)15-8-10-16(11-9-15)23-20(24)22-13-14-7-12-17(25-4)19(27-6)18(14)26-5/h7-12H,13H2,1-6H3,(H2,22,23,24). The summed E-state index contributed by atoms with van der Waals surface area (Å²) in [7, 11) is 4.66. The zero-order valence-corrected chi connectivity index (χ0v) is 16.8. The first kappa shape index (κ1) is 20.4. The molecule has 0 unspecified atom stereocenters. The quantitative estimate of drug-likeness (QED) is 0.792. The lowest BCUT2D eigenvalue weighted by atomic mass is 9.87. The number of urea groups is 1. The van der Waals surface area contributed by atoms with Gasteiger partial charge in [0.25, 0.3) is 0 Å². The van der Waals surface area contributed by atoms with E-state index in [0.29, 0.717) is 17.2 Å². The van der Waals surface area contributed by atoms with Crippen molar-refractivity contribution in [3.8, 4) is 17.2 Å². The van der Waals surface area contributed by atoms with Gasteiger partial charge >= 0.3 is 6.03 Å². The highest BCUT2D eigenvalue weighted by molar-refractivity contribution is 5.89. The van der Waals surface area contributed by atoms with Gasteiger partial charge in [-0.3, -0.25) is 0 Å². The molecule has 0 aliphatic carbocycles. The van der Waals surface area contributed by atoms with Crippen LogP contribution in [0.4, 0.5) is 10.5 Å². The van der Waals surface area contributed by atoms with E-state index in [9.17, 15) is 4.79 Å². The lowest BCUT2D eigenvalue weighted by molar-refractivity contribution is 0.251. The van der Waals surface area contributed by atoms with Crippen molar-refractivity contribution >= 4 is 11.7 Å². The van der Waals surface area contributed by atoms with Crippen LogP contribution in [0.25, 0.3) is 0 Å². The number of rotatable bonds is 6. The number of hydrogen-bond donors (Lipinski definition) is 2. The number of carbonyl (C=O) groups is 1. The van der Waals surface area contributed by atoms with E-state index in [0.717, 1.165) is 11.3 Å². The van der Waals surface area contributed by atoms with Gasteiger partial charge < -0.3 is 24.8 Å². The number of carbonyl (C=O) groups excluding carboxylic acids is 1. The molecule has 2 aromatic carbocycles. The fourth-order valence-electron chi connectivity index (χ4n) is 2.71. The maximum absolute atomic E-state index is 12.2. The Morgan fingerprint density at radius 1 is 0.889 bits per heavy atom. The molecule has 6 heteroatoms. The second-order valence-electron chi connectivity index (χ2n) is 7.13. The Bertz CT molecular complexity index is 780. The molecule has 0 saturated carbocycles. The minimum atomic E-state index is -0.296. The summed E-state index contributed by atoms with van der Waals surface area (Å²) in [6.45, 7) is 6.74. The highest BCUT2D eigenvalue weighted by Gasteiger charge is 2.16. The summed E-state index contributed by atoms with van der Waals surface area (Å²) in [5.74, 6) is 1.60. The van der Waals surface area contributed by atoms with Crippen LogP contribution in [0.15, 0.2) is 36.4 Å². The summed E-state index contributed by atoms with van der Waals surface area (Å²) in [4.78, 5) is 12.2. The van der Waals surface area contributed by atoms with Gasteiger partial charge in [-0.2, -0.15) is 0 Å². The van der Waals surface area contributed by atoms with Gasteiger partial charge in [0, 0.05) is 17.8 Å². The lowest BCUT2D eigenvalue weighted by Crippen LogP contribution is -2.28. The fraction of sp³-hybridized carbons (Fsp3) is 0.381. The molecule has 0 bridgehead atoms. The van der Waals surface area contributed by atoms with Crippen LogP contribution in [0.5, 0.6) is 17.2 Å². The number of hydrogen-bond acceptors (Lipinski definition) is 4. The lowest BCUT2D eigenvalue weighted by Gasteiger charge is -2.19. The minimum absolute atomic E-state index is 0.0742. The maximum Gasteiger partial charge on any atom is 0.319 e. The van der Waals surface area contributed by atoms with Crippen LogP contribution in [0, 0.1) is 0 Å². The molecule has 0 aliphatic rings. The van der Waals surface area contributed by atoms with E-state index in [1.165, 1.54) is 5.56 Å². The summed E-state index contributed by atoms with van der Waals surface area (Å²) in [6, 6.07) is 11.2. The first-order valence-electron chi connectivity index (χ1n) is 8.73. The van der Waals surface area contributed by atoms with Crippen LogP contribution in [0.1, 0.15) is 31.9 Å². The summed E-state index contributed by atoms with van der Waals surface area (Å²) in [5.41, 5.74) is 2.81. The summed E-state index contributed by atoms with van der Waals surface area (Å²) < 4.78 is 16.1. The number of ether oxygens (including phenoxy) is 3. The van der Waals surface area contributed by atoms with Crippen LogP contribution in [0.3, 0.4) is 0 Å². The maximum atomic E-state index is 12.2. The van der Waals surface area contributed by atoms with Crippen molar-refractivity contribution in [3.05, 3.63) is 47.5 Å². The summed E-state index contributed by atoms with van der Waals surface area (Å²) >= 11 is 0. The van der Waals surface area contributed by atoms with Crippen molar-refractivity contribution in [2.24, 2.45) is 0 Å². The van der Waals surface area contributed by atoms with Crippen molar-refractivity contribution in [2.75, 3.05) is 26.6 Å². The van der Waals surface area contributed by atoms with Crippen molar-refractivity contribution in [3.63, 3.8) is 0 Å². The van der Waals surface area contributed by atoms with Gasteiger partial charge in [0.2, 0.25) is 5.75 Å². The molecule has 2 N–H and O–H groups in total. The van der Waals surface area contributed by atoms with Crippen LogP contribution < -0.4 is 24.8 Å². The van der Waals surface area contributed by atoms with E-state index in [-0.39, 0.29) is 18.0 Å². The summed E-state index contributed by atoms with van der Waals surface area (Å²) in [6.07, 6.45) is 0. The molecule has 0 radical (unpaired) electrons. The molecule has 0 heterocycles. The number of nitrogens with one attached hydrogen (secondary N) is 2. The van der Waals surface area contributed by atoms with E-state index >= 15 is 0 Å². The van der Waals surface area contributed by atoms with Gasteiger partial charge in [-0.05, 0) is 35.2 Å². The molecule has 0 fully saturated rings. The van der Waals surface area contributed by atoms with Crippen molar-refractivity contribution in [2.45, 2.75) is 32.7 Å². The Labute approximate surface area is 160 Å². The smallest absolute Gasteiger partial charge is 0.319 e. The Kier molecular flexibility index (Phi) is 6.55. The third-order valence-corrected chi connectivity index (χ3v) is 4.23. The van der Waals surface area contributed by atoms with Crippen molar-refractivity contribution in [1.82, 2.24) is 5.32 Å². The zero-order valence-electron chi connectivity index (χ0n) is 16.8. The Morgan fingerprint density at radius 2 is 1.52 bits per heavy atom. The van der Waals surface area contributed by atoms with E-state index in [1.54, 1.807) is 27.4 Å². The first-order chi connectivity index (χ1) is 12.8. The van der Waals surface area contributed by atoms with E-state index in [2.05, 4.69) is 31.4 Å². The third kappa shape index (κ3) is 5.06. The predicted octanol–water partition coefficient (Wildman–Crippen LogP) is 4.33. The van der Waals surface area contributed by atoms with Crippen LogP contribution in [-0.2, 0) is 12.0 Å². The van der Waals surface area contributed by atoms with Gasteiger partial charge in [0.1, 0.15) is 0 Å². The summed E-state index contributed by atoms with van der Waals surface area (Å²) in [5, 5.41) is 5.66. The molecule has 0 atom stereocenters. The fourth-order valence-corrected chi connectivity index (χ4v) is 2.71. The number of anilines is 1. The second kappa shape index (κ2) is 8.66. The average Bonchev–Trinajstić information content (AvgIpc) is 2.65. The van der Waals surface area contributed by atoms with E-state index in [4.69, 9.17) is 14.2 Å². The predicted molar refractivity (Wildman–Crippen MR) is 107 cm³/mol. The molecule has 146 valence electrons. The number of benzene rings is 2. The van der Waals surface area contributed by atoms with E-state index in [1.807, 2.05) is 30.3 Å². The minimum Gasteiger partial charge on any atom is -0.493 e. The van der Waals surface area contributed by atoms with Gasteiger partial charge in [0.15, 0.2) is 11.5 Å². The molecule has 0 aromatic heterocycles. The number of methoxy groups -OCH3 is 3. The molecule has 2 aromatic rings. The number of amides is 2. The first-order valence-corrected chi connectivity index (χ1v) is 8.73. The monoisotopic (exact) mass is 372 g/mol. The van der Waals surface area contributed by atoms with Gasteiger partial charge in [-0.1, -0.05) is 32.9 Å². The largest absolute Gasteiger partial charge is 0.493 e. The molecule has 0 spiro atoms. The van der Waals surface area contributed by atoms with Crippen molar-refractivity contribution < 1.29 is 19.0 Å². The molecule has 27 heavy (non-hydrogen) atoms. The Morgan fingerprint density at radius 3 is 2.04 bits per heavy atom. The van der Waals surface area contributed by atoms with Crippen LogP contribution in [0.2, 0.25) is 0 Å². The van der Waals surface area contributed by atoms with Gasteiger partial charge in [-0.25, -0.2) is 4.79 Å². The molecule has 0 aliphatic heterocycles. The topological polar surface area (TPSA) is 68.8 Å². The van der Waals surface area contributed by atoms with Gasteiger partial charge in [-0.15, -0.1) is 0 Å². The molecular formula is C21H28N2O4. The van der Waals surface area contributed by atoms with Gasteiger partial charge in [0.05, 0.1) is 21.3 Å². The normalized spacial score (nSPS) is 10.9. The highest BCUT2D eigenvalue weighted by atomic mass is 16.5. The third-order valence-electron chi connectivity index (χ3n) is 4.23. The molecule has 2 amide bonds. The second-order valence-corrected chi connectivity index (χ2v) is 7.13. The van der Waals surface area contributed by atoms with E-state index < -0.39 is 0 Å². The van der Waals surface area contributed by atoms with Crippen LogP contribution >= 0.6 is 0 Å². The molecule has 6 nitrogen and oxygen atoms in total.